The van der Waals surface area contributed by atoms with Crippen LogP contribution in [-0.2, 0) is 0 Å². The predicted molar refractivity (Wildman–Crippen MR) is 65.9 cm³/mol. The monoisotopic (exact) mass is 236 g/mol. The largest absolute Gasteiger partial charge is 0.493 e. The zero-order chi connectivity index (χ0) is 11.5. The highest BCUT2D eigenvalue weighted by atomic mass is 32.1. The fourth-order valence-electron chi connectivity index (χ4n) is 1.36. The Morgan fingerprint density at radius 3 is 2.88 bits per heavy atom. The highest BCUT2D eigenvalue weighted by molar-refractivity contribution is 7.80. The molecule has 1 aromatic rings. The Kier molecular flexibility index (Phi) is 3.29. The van der Waals surface area contributed by atoms with E-state index in [-0.39, 0.29) is 0 Å². The minimum absolute atomic E-state index is 0.318. The summed E-state index contributed by atoms with van der Waals surface area (Å²) in [5.41, 5.74) is 6.23. The summed E-state index contributed by atoms with van der Waals surface area (Å²) in [6.07, 6.45) is 2.49. The van der Waals surface area contributed by atoms with Gasteiger partial charge in [-0.3, -0.25) is 0 Å². The molecule has 2 N–H and O–H groups in total. The van der Waals surface area contributed by atoms with Gasteiger partial charge in [0, 0.05) is 11.6 Å². The molecule has 1 radical (unpaired) electrons. The number of nitrogens with two attached hydrogens (primary N) is 1. The molecule has 0 aliphatic heterocycles. The molecule has 0 saturated heterocycles. The summed E-state index contributed by atoms with van der Waals surface area (Å²) < 4.78 is 10.8. The number of thiocarbonyl (C=S) groups is 1. The lowest BCUT2D eigenvalue weighted by Crippen LogP contribution is -2.10. The Morgan fingerprint density at radius 2 is 2.31 bits per heavy atom. The number of hydrogen-bond donors (Lipinski definition) is 1. The van der Waals surface area contributed by atoms with Gasteiger partial charge in [-0.05, 0) is 30.9 Å². The second-order valence-electron chi connectivity index (χ2n) is 3.89. The van der Waals surface area contributed by atoms with Gasteiger partial charge in [0.15, 0.2) is 11.5 Å². The summed E-state index contributed by atoms with van der Waals surface area (Å²) in [7, 11) is 1.60. The summed E-state index contributed by atoms with van der Waals surface area (Å²) in [4.78, 5) is 0.318. The van der Waals surface area contributed by atoms with Crippen molar-refractivity contribution in [1.29, 1.82) is 0 Å². The first-order chi connectivity index (χ1) is 7.70. The predicted octanol–water partition coefficient (Wildman–Crippen LogP) is 1.92. The third-order valence-electron chi connectivity index (χ3n) is 2.52. The number of benzene rings is 1. The van der Waals surface area contributed by atoms with E-state index in [9.17, 15) is 0 Å². The average Bonchev–Trinajstić information content (AvgIpc) is 3.09. The molecule has 0 bridgehead atoms. The van der Waals surface area contributed by atoms with E-state index in [0.29, 0.717) is 34.6 Å². The SMILES string of the molecule is COc1ccc(C(N)=S)[c]c1OCC1CC1. The number of rotatable bonds is 5. The van der Waals surface area contributed by atoms with Gasteiger partial charge in [-0.25, -0.2) is 0 Å². The van der Waals surface area contributed by atoms with Gasteiger partial charge in [-0.1, -0.05) is 12.2 Å². The van der Waals surface area contributed by atoms with Crippen LogP contribution in [0.1, 0.15) is 18.4 Å². The first-order valence-corrected chi connectivity index (χ1v) is 5.64. The molecular formula is C12H14NO2S. The first kappa shape index (κ1) is 11.2. The van der Waals surface area contributed by atoms with Crippen LogP contribution in [-0.4, -0.2) is 18.7 Å². The van der Waals surface area contributed by atoms with Crippen molar-refractivity contribution in [2.24, 2.45) is 11.7 Å². The molecule has 0 atom stereocenters. The van der Waals surface area contributed by atoms with Crippen LogP contribution in [0.4, 0.5) is 0 Å². The maximum Gasteiger partial charge on any atom is 0.169 e. The van der Waals surface area contributed by atoms with E-state index >= 15 is 0 Å². The van der Waals surface area contributed by atoms with Gasteiger partial charge < -0.3 is 15.2 Å². The lowest BCUT2D eigenvalue weighted by Gasteiger charge is -2.11. The fraction of sp³-hybridized carbons (Fsp3) is 0.417. The standard InChI is InChI=1S/C12H14NO2S/c1-14-10-5-4-9(12(13)16)6-11(10)15-7-8-2-3-8/h4-5,8H,2-3,7H2,1H3,(H2,13,16). The molecule has 2 rings (SSSR count). The zero-order valence-electron chi connectivity index (χ0n) is 9.16. The zero-order valence-corrected chi connectivity index (χ0v) is 9.97. The summed E-state index contributed by atoms with van der Waals surface area (Å²) in [5.74, 6) is 1.95. The van der Waals surface area contributed by atoms with Crippen LogP contribution < -0.4 is 15.2 Å². The Morgan fingerprint density at radius 1 is 1.56 bits per heavy atom. The van der Waals surface area contributed by atoms with Gasteiger partial charge in [0.05, 0.1) is 13.7 Å². The van der Waals surface area contributed by atoms with Crippen molar-refractivity contribution in [3.63, 3.8) is 0 Å². The van der Waals surface area contributed by atoms with E-state index in [0.717, 1.165) is 0 Å². The maximum absolute atomic E-state index is 5.65. The molecule has 0 unspecified atom stereocenters. The van der Waals surface area contributed by atoms with Crippen LogP contribution >= 0.6 is 12.2 Å². The van der Waals surface area contributed by atoms with Gasteiger partial charge in [0.2, 0.25) is 0 Å². The van der Waals surface area contributed by atoms with E-state index < -0.39 is 0 Å². The molecule has 0 spiro atoms. The average molecular weight is 236 g/mol. The highest BCUT2D eigenvalue weighted by Gasteiger charge is 2.22. The van der Waals surface area contributed by atoms with E-state index in [2.05, 4.69) is 6.07 Å². The van der Waals surface area contributed by atoms with Gasteiger partial charge >= 0.3 is 0 Å². The first-order valence-electron chi connectivity index (χ1n) is 5.23. The van der Waals surface area contributed by atoms with Crippen LogP contribution in [0.2, 0.25) is 0 Å². The molecule has 1 aliphatic rings. The molecule has 1 aromatic carbocycles. The summed E-state index contributed by atoms with van der Waals surface area (Å²) >= 11 is 4.90. The molecule has 1 aliphatic carbocycles. The summed E-state index contributed by atoms with van der Waals surface area (Å²) in [6.45, 7) is 0.716. The van der Waals surface area contributed by atoms with Crippen molar-refractivity contribution < 1.29 is 9.47 Å². The quantitative estimate of drug-likeness (QED) is 0.793. The molecule has 0 amide bonds. The molecule has 16 heavy (non-hydrogen) atoms. The number of ether oxygens (including phenoxy) is 2. The third-order valence-corrected chi connectivity index (χ3v) is 2.74. The molecule has 3 nitrogen and oxygen atoms in total. The maximum atomic E-state index is 5.65. The minimum atomic E-state index is 0.318. The van der Waals surface area contributed by atoms with E-state index in [1.807, 2.05) is 0 Å². The highest BCUT2D eigenvalue weighted by Crippen LogP contribution is 2.32. The van der Waals surface area contributed by atoms with Gasteiger partial charge in [0.1, 0.15) is 4.99 Å². The molecular weight excluding hydrogens is 222 g/mol. The molecule has 1 fully saturated rings. The van der Waals surface area contributed by atoms with Crippen molar-refractivity contribution >= 4 is 17.2 Å². The Labute approximate surface area is 101 Å². The minimum Gasteiger partial charge on any atom is -0.493 e. The fourth-order valence-corrected chi connectivity index (χ4v) is 1.48. The topological polar surface area (TPSA) is 44.5 Å². The van der Waals surface area contributed by atoms with Crippen LogP contribution in [0.25, 0.3) is 0 Å². The van der Waals surface area contributed by atoms with Crippen LogP contribution in [0.5, 0.6) is 11.5 Å². The van der Waals surface area contributed by atoms with Gasteiger partial charge in [0.25, 0.3) is 0 Å². The molecule has 0 heterocycles. The number of methoxy groups -OCH3 is 1. The van der Waals surface area contributed by atoms with Gasteiger partial charge in [-0.2, -0.15) is 0 Å². The Balaban J connectivity index is 2.16. The Bertz CT molecular complexity index is 402. The second-order valence-corrected chi connectivity index (χ2v) is 4.33. The van der Waals surface area contributed by atoms with Crippen LogP contribution in [0.3, 0.4) is 0 Å². The van der Waals surface area contributed by atoms with E-state index in [4.69, 9.17) is 27.4 Å². The third kappa shape index (κ3) is 2.64. The smallest absolute Gasteiger partial charge is 0.169 e. The van der Waals surface area contributed by atoms with Crippen molar-refractivity contribution in [2.45, 2.75) is 12.8 Å². The second kappa shape index (κ2) is 4.70. The normalized spacial score (nSPS) is 14.6. The van der Waals surface area contributed by atoms with Crippen molar-refractivity contribution in [3.05, 3.63) is 23.8 Å². The lowest BCUT2D eigenvalue weighted by atomic mass is 10.2. The Hall–Kier alpha value is -1.29. The summed E-state index contributed by atoms with van der Waals surface area (Å²) in [5, 5.41) is 0. The van der Waals surface area contributed by atoms with Gasteiger partial charge in [-0.15, -0.1) is 0 Å². The van der Waals surface area contributed by atoms with Crippen molar-refractivity contribution in [2.75, 3.05) is 13.7 Å². The van der Waals surface area contributed by atoms with Crippen molar-refractivity contribution in [1.82, 2.24) is 0 Å². The number of hydrogen-bond acceptors (Lipinski definition) is 3. The molecule has 85 valence electrons. The molecule has 4 heteroatoms. The molecule has 0 aromatic heterocycles. The van der Waals surface area contributed by atoms with E-state index in [1.165, 1.54) is 12.8 Å². The van der Waals surface area contributed by atoms with Crippen molar-refractivity contribution in [3.8, 4) is 11.5 Å². The summed E-state index contributed by atoms with van der Waals surface area (Å²) in [6, 6.07) is 6.61. The van der Waals surface area contributed by atoms with Crippen LogP contribution in [0.15, 0.2) is 12.1 Å². The lowest BCUT2D eigenvalue weighted by molar-refractivity contribution is 0.280. The molecule has 1 saturated carbocycles. The van der Waals surface area contributed by atoms with Crippen LogP contribution in [0, 0.1) is 12.0 Å². The van der Waals surface area contributed by atoms with E-state index in [1.54, 1.807) is 19.2 Å².